The predicted octanol–water partition coefficient (Wildman–Crippen LogP) is 2.64. The number of urea groups is 1. The number of anilines is 1. The van der Waals surface area contributed by atoms with Gasteiger partial charge in [0.05, 0.1) is 0 Å². The fourth-order valence-electron chi connectivity index (χ4n) is 3.38. The smallest absolute Gasteiger partial charge is 0.324 e. The van der Waals surface area contributed by atoms with E-state index in [1.54, 1.807) is 6.92 Å². The van der Waals surface area contributed by atoms with Crippen molar-refractivity contribution in [3.63, 3.8) is 0 Å². The van der Waals surface area contributed by atoms with E-state index < -0.39 is 11.6 Å². The highest BCUT2D eigenvalue weighted by Crippen LogP contribution is 2.42. The third-order valence-corrected chi connectivity index (χ3v) is 5.01. The summed E-state index contributed by atoms with van der Waals surface area (Å²) in [4.78, 5) is 38.2. The normalized spacial score (nSPS) is 23.6. The largest absolute Gasteiger partial charge is 0.325 e. The van der Waals surface area contributed by atoms with Gasteiger partial charge in [-0.15, -0.1) is 0 Å². The lowest BCUT2D eigenvalue weighted by Gasteiger charge is -2.23. The van der Waals surface area contributed by atoms with Crippen LogP contribution in [0.15, 0.2) is 24.3 Å². The number of rotatable bonds is 4. The molecule has 1 unspecified atom stereocenters. The molecule has 1 aliphatic heterocycles. The fraction of sp³-hybridized carbons (Fsp3) is 0.526. The quantitative estimate of drug-likeness (QED) is 0.825. The zero-order chi connectivity index (χ0) is 18.4. The van der Waals surface area contributed by atoms with Crippen LogP contribution in [-0.4, -0.2) is 34.8 Å². The molecule has 1 heterocycles. The summed E-state index contributed by atoms with van der Waals surface area (Å²) in [7, 11) is 0. The van der Waals surface area contributed by atoms with E-state index in [1.807, 2.05) is 24.3 Å². The number of para-hydroxylation sites is 1. The van der Waals surface area contributed by atoms with Crippen LogP contribution in [0.2, 0.25) is 0 Å². The first-order valence-electron chi connectivity index (χ1n) is 8.66. The SMILES string of the molecule is CC(C)(C)c1ccccc1NC(=O)CN1C(=O)NC(C)(C2CC2)C1=O. The second kappa shape index (κ2) is 5.86. The Morgan fingerprint density at radius 1 is 1.28 bits per heavy atom. The van der Waals surface area contributed by atoms with Crippen LogP contribution >= 0.6 is 0 Å². The van der Waals surface area contributed by atoms with E-state index in [9.17, 15) is 14.4 Å². The van der Waals surface area contributed by atoms with Gasteiger partial charge in [-0.1, -0.05) is 39.0 Å². The summed E-state index contributed by atoms with van der Waals surface area (Å²) in [6, 6.07) is 7.09. The van der Waals surface area contributed by atoms with Crippen molar-refractivity contribution in [3.8, 4) is 0 Å². The van der Waals surface area contributed by atoms with Crippen LogP contribution in [0.3, 0.4) is 0 Å². The van der Waals surface area contributed by atoms with E-state index >= 15 is 0 Å². The molecule has 4 amide bonds. The molecule has 25 heavy (non-hydrogen) atoms. The molecule has 3 rings (SSSR count). The molecule has 2 N–H and O–H groups in total. The fourth-order valence-corrected chi connectivity index (χ4v) is 3.38. The molecule has 6 nitrogen and oxygen atoms in total. The number of carbonyl (C=O) groups excluding carboxylic acids is 3. The van der Waals surface area contributed by atoms with Crippen molar-refractivity contribution in [2.75, 3.05) is 11.9 Å². The summed E-state index contributed by atoms with van der Waals surface area (Å²) in [6.45, 7) is 7.67. The highest BCUT2D eigenvalue weighted by Gasteiger charge is 2.56. The zero-order valence-electron chi connectivity index (χ0n) is 15.2. The third-order valence-electron chi connectivity index (χ3n) is 5.01. The van der Waals surface area contributed by atoms with Crippen LogP contribution in [0.4, 0.5) is 10.5 Å². The topological polar surface area (TPSA) is 78.5 Å². The van der Waals surface area contributed by atoms with Gasteiger partial charge in [-0.05, 0) is 42.7 Å². The Hall–Kier alpha value is -2.37. The summed E-state index contributed by atoms with van der Waals surface area (Å²) in [5.74, 6) is -0.502. The number of nitrogens with zero attached hydrogens (tertiary/aromatic N) is 1. The maximum Gasteiger partial charge on any atom is 0.325 e. The van der Waals surface area contributed by atoms with Crippen molar-refractivity contribution < 1.29 is 14.4 Å². The molecule has 0 bridgehead atoms. The Labute approximate surface area is 148 Å². The predicted molar refractivity (Wildman–Crippen MR) is 95.1 cm³/mol. The minimum Gasteiger partial charge on any atom is -0.324 e. The van der Waals surface area contributed by atoms with Gasteiger partial charge in [0.2, 0.25) is 5.91 Å². The second-order valence-corrected chi connectivity index (χ2v) is 8.14. The Morgan fingerprint density at radius 3 is 2.52 bits per heavy atom. The van der Waals surface area contributed by atoms with Crippen LogP contribution in [0.1, 0.15) is 46.1 Å². The molecular formula is C19H25N3O3. The lowest BCUT2D eigenvalue weighted by Crippen LogP contribution is -2.46. The first-order chi connectivity index (χ1) is 11.6. The Kier molecular flexibility index (Phi) is 4.09. The van der Waals surface area contributed by atoms with Crippen LogP contribution in [0.5, 0.6) is 0 Å². The highest BCUT2D eigenvalue weighted by molar-refractivity contribution is 6.10. The number of benzene rings is 1. The Morgan fingerprint density at radius 2 is 1.92 bits per heavy atom. The third kappa shape index (κ3) is 3.25. The number of nitrogens with one attached hydrogen (secondary N) is 2. The van der Waals surface area contributed by atoms with E-state index in [1.165, 1.54) is 0 Å². The number of hydrogen-bond acceptors (Lipinski definition) is 3. The van der Waals surface area contributed by atoms with Gasteiger partial charge in [0.25, 0.3) is 5.91 Å². The highest BCUT2D eigenvalue weighted by atomic mass is 16.2. The molecule has 1 aromatic carbocycles. The van der Waals surface area contributed by atoms with Crippen molar-refractivity contribution in [3.05, 3.63) is 29.8 Å². The number of amides is 4. The molecule has 0 spiro atoms. The van der Waals surface area contributed by atoms with Gasteiger partial charge in [0.15, 0.2) is 0 Å². The van der Waals surface area contributed by atoms with Gasteiger partial charge in [-0.3, -0.25) is 14.5 Å². The molecule has 0 aromatic heterocycles. The monoisotopic (exact) mass is 343 g/mol. The Bertz CT molecular complexity index is 734. The van der Waals surface area contributed by atoms with Crippen LogP contribution in [-0.2, 0) is 15.0 Å². The molecular weight excluding hydrogens is 318 g/mol. The van der Waals surface area contributed by atoms with E-state index in [4.69, 9.17) is 0 Å². The first kappa shape index (κ1) is 17.5. The van der Waals surface area contributed by atoms with Gasteiger partial charge in [0, 0.05) is 5.69 Å². The van der Waals surface area contributed by atoms with E-state index in [0.29, 0.717) is 5.69 Å². The second-order valence-electron chi connectivity index (χ2n) is 8.14. The van der Waals surface area contributed by atoms with E-state index in [0.717, 1.165) is 23.3 Å². The molecule has 134 valence electrons. The molecule has 2 aliphatic rings. The summed E-state index contributed by atoms with van der Waals surface area (Å²) in [6.07, 6.45) is 1.86. The minimum absolute atomic E-state index is 0.130. The number of imide groups is 1. The molecule has 1 atom stereocenters. The summed E-state index contributed by atoms with van der Waals surface area (Å²) in [5.41, 5.74) is 0.719. The molecule has 1 aliphatic carbocycles. The summed E-state index contributed by atoms with van der Waals surface area (Å²) < 4.78 is 0. The van der Waals surface area contributed by atoms with Gasteiger partial charge < -0.3 is 10.6 Å². The van der Waals surface area contributed by atoms with E-state index in [-0.39, 0.29) is 29.7 Å². The summed E-state index contributed by atoms with van der Waals surface area (Å²) in [5, 5.41) is 5.60. The van der Waals surface area contributed by atoms with Crippen LogP contribution < -0.4 is 10.6 Å². The van der Waals surface area contributed by atoms with Crippen molar-refractivity contribution >= 4 is 23.5 Å². The maximum absolute atomic E-state index is 12.6. The molecule has 1 saturated carbocycles. The zero-order valence-corrected chi connectivity index (χ0v) is 15.2. The van der Waals surface area contributed by atoms with Crippen LogP contribution in [0, 0.1) is 5.92 Å². The van der Waals surface area contributed by atoms with E-state index in [2.05, 4.69) is 31.4 Å². The average molecular weight is 343 g/mol. The molecule has 1 saturated heterocycles. The van der Waals surface area contributed by atoms with Gasteiger partial charge in [-0.25, -0.2) is 4.79 Å². The lowest BCUT2D eigenvalue weighted by molar-refractivity contribution is -0.134. The molecule has 0 radical (unpaired) electrons. The molecule has 2 fully saturated rings. The first-order valence-corrected chi connectivity index (χ1v) is 8.66. The number of hydrogen-bond donors (Lipinski definition) is 2. The van der Waals surface area contributed by atoms with Gasteiger partial charge >= 0.3 is 6.03 Å². The van der Waals surface area contributed by atoms with Gasteiger partial charge in [-0.2, -0.15) is 0 Å². The van der Waals surface area contributed by atoms with Crippen molar-refractivity contribution in [1.29, 1.82) is 0 Å². The summed E-state index contributed by atoms with van der Waals surface area (Å²) >= 11 is 0. The van der Waals surface area contributed by atoms with Gasteiger partial charge in [0.1, 0.15) is 12.1 Å². The average Bonchev–Trinajstić information content (AvgIpc) is 3.33. The van der Waals surface area contributed by atoms with Crippen molar-refractivity contribution in [1.82, 2.24) is 10.2 Å². The minimum atomic E-state index is -0.860. The standard InChI is InChI=1S/C19H25N3O3/c1-18(2,3)13-7-5-6-8-14(13)20-15(23)11-22-16(24)19(4,12-9-10-12)21-17(22)25/h5-8,12H,9-11H2,1-4H3,(H,20,23)(H,21,25). The van der Waals surface area contributed by atoms with Crippen molar-refractivity contribution in [2.24, 2.45) is 5.92 Å². The maximum atomic E-state index is 12.6. The van der Waals surface area contributed by atoms with Crippen molar-refractivity contribution in [2.45, 2.75) is 51.5 Å². The molecule has 6 heteroatoms. The number of carbonyl (C=O) groups is 3. The molecule has 1 aromatic rings. The lowest BCUT2D eigenvalue weighted by atomic mass is 9.86. The Balaban J connectivity index is 1.72. The van der Waals surface area contributed by atoms with Crippen LogP contribution in [0.25, 0.3) is 0 Å².